The van der Waals surface area contributed by atoms with Gasteiger partial charge in [0.2, 0.25) is 0 Å². The van der Waals surface area contributed by atoms with Crippen LogP contribution >= 0.6 is 0 Å². The average Bonchev–Trinajstić information content (AvgIpc) is 3.10. The van der Waals surface area contributed by atoms with Crippen molar-refractivity contribution in [1.82, 2.24) is 14.7 Å². The molecule has 1 aromatic heterocycles. The Morgan fingerprint density at radius 3 is 2.63 bits per heavy atom. The molecule has 1 saturated carbocycles. The minimum Gasteiger partial charge on any atom is -0.481 e. The van der Waals surface area contributed by atoms with E-state index in [4.69, 9.17) is 5.11 Å². The van der Waals surface area contributed by atoms with Gasteiger partial charge in [0.15, 0.2) is 0 Å². The van der Waals surface area contributed by atoms with Crippen LogP contribution in [0.15, 0.2) is 6.20 Å². The number of aryl methyl sites for hydroxylation is 2. The predicted molar refractivity (Wildman–Crippen MR) is 68.8 cm³/mol. The van der Waals surface area contributed by atoms with Gasteiger partial charge < -0.3 is 10.0 Å². The fourth-order valence-corrected chi connectivity index (χ4v) is 2.12. The first kappa shape index (κ1) is 13.6. The van der Waals surface area contributed by atoms with E-state index < -0.39 is 11.9 Å². The van der Waals surface area contributed by atoms with E-state index >= 15 is 0 Å². The van der Waals surface area contributed by atoms with Crippen LogP contribution in [0.5, 0.6) is 0 Å². The number of carboxylic acid groups (broad SMARTS) is 1. The Bertz CT molecular complexity index is 505. The third kappa shape index (κ3) is 2.94. The monoisotopic (exact) mass is 265 g/mol. The lowest BCUT2D eigenvalue weighted by molar-refractivity contribution is -0.141. The van der Waals surface area contributed by atoms with Gasteiger partial charge in [0.25, 0.3) is 5.91 Å². The highest BCUT2D eigenvalue weighted by Crippen LogP contribution is 2.29. The Labute approximate surface area is 112 Å². The first-order chi connectivity index (χ1) is 8.90. The quantitative estimate of drug-likeness (QED) is 0.863. The molecule has 6 heteroatoms. The second-order valence-corrected chi connectivity index (χ2v) is 5.23. The predicted octanol–water partition coefficient (Wildman–Crippen LogP) is 1.05. The Balaban J connectivity index is 2.17. The first-order valence-corrected chi connectivity index (χ1v) is 6.44. The van der Waals surface area contributed by atoms with Crippen LogP contribution in [0.3, 0.4) is 0 Å². The van der Waals surface area contributed by atoms with Crippen molar-refractivity contribution < 1.29 is 14.7 Å². The Hall–Kier alpha value is -1.85. The molecule has 0 spiro atoms. The zero-order valence-electron chi connectivity index (χ0n) is 11.5. The molecular weight excluding hydrogens is 246 g/mol. The minimum absolute atomic E-state index is 0.110. The normalized spacial score (nSPS) is 16.2. The number of rotatable bonds is 5. The third-order valence-electron chi connectivity index (χ3n) is 3.38. The maximum Gasteiger partial charge on any atom is 0.308 e. The zero-order chi connectivity index (χ0) is 14.2. The van der Waals surface area contributed by atoms with Gasteiger partial charge in [-0.3, -0.25) is 14.3 Å². The highest BCUT2D eigenvalue weighted by molar-refractivity contribution is 5.95. The standard InChI is InChI=1S/C13H19N3O3/c1-8(13(18)19)6-16(10-4-5-10)12(17)11-7-15(3)14-9(11)2/h7-8,10H,4-6H2,1-3H3,(H,18,19)/t8-/m0/s1. The van der Waals surface area contributed by atoms with Crippen molar-refractivity contribution in [2.45, 2.75) is 32.7 Å². The number of carbonyl (C=O) groups is 2. The first-order valence-electron chi connectivity index (χ1n) is 6.44. The summed E-state index contributed by atoms with van der Waals surface area (Å²) in [5.41, 5.74) is 1.24. The molecule has 1 aliphatic rings. The highest BCUT2D eigenvalue weighted by Gasteiger charge is 2.35. The summed E-state index contributed by atoms with van der Waals surface area (Å²) in [4.78, 5) is 25.1. The van der Waals surface area contributed by atoms with E-state index in [-0.39, 0.29) is 18.5 Å². The molecule has 1 amide bonds. The number of carboxylic acids is 1. The highest BCUT2D eigenvalue weighted by atomic mass is 16.4. The second kappa shape index (κ2) is 5.03. The summed E-state index contributed by atoms with van der Waals surface area (Å²) in [6.07, 6.45) is 3.60. The van der Waals surface area contributed by atoms with Gasteiger partial charge in [-0.05, 0) is 19.8 Å². The summed E-state index contributed by atoms with van der Waals surface area (Å²) < 4.78 is 1.61. The van der Waals surface area contributed by atoms with E-state index in [1.807, 2.05) is 0 Å². The summed E-state index contributed by atoms with van der Waals surface area (Å²) in [6, 6.07) is 0.189. The number of aromatic nitrogens is 2. The van der Waals surface area contributed by atoms with Crippen molar-refractivity contribution in [2.75, 3.05) is 6.54 Å². The number of hydrogen-bond acceptors (Lipinski definition) is 3. The van der Waals surface area contributed by atoms with Crippen LogP contribution in [0.4, 0.5) is 0 Å². The topological polar surface area (TPSA) is 75.4 Å². The molecule has 0 bridgehead atoms. The van der Waals surface area contributed by atoms with E-state index in [2.05, 4.69) is 5.10 Å². The molecule has 1 aliphatic carbocycles. The van der Waals surface area contributed by atoms with Crippen LogP contribution in [0.2, 0.25) is 0 Å². The number of aliphatic carboxylic acids is 1. The zero-order valence-corrected chi connectivity index (χ0v) is 11.5. The van der Waals surface area contributed by atoms with Crippen LogP contribution in [-0.2, 0) is 11.8 Å². The lowest BCUT2D eigenvalue weighted by Crippen LogP contribution is -2.38. The van der Waals surface area contributed by atoms with Gasteiger partial charge in [-0.2, -0.15) is 5.10 Å². The lowest BCUT2D eigenvalue weighted by atomic mass is 10.1. The van der Waals surface area contributed by atoms with Crippen molar-refractivity contribution in [3.8, 4) is 0 Å². The Morgan fingerprint density at radius 2 is 2.21 bits per heavy atom. The van der Waals surface area contributed by atoms with Gasteiger partial charge in [0, 0.05) is 25.8 Å². The smallest absolute Gasteiger partial charge is 0.308 e. The molecule has 19 heavy (non-hydrogen) atoms. The van der Waals surface area contributed by atoms with Gasteiger partial charge in [0.05, 0.1) is 17.2 Å². The molecule has 0 aromatic carbocycles. The molecule has 2 rings (SSSR count). The fraction of sp³-hybridized carbons (Fsp3) is 0.615. The van der Waals surface area contributed by atoms with Crippen molar-refractivity contribution in [3.63, 3.8) is 0 Å². The van der Waals surface area contributed by atoms with E-state index in [1.54, 1.807) is 36.7 Å². The minimum atomic E-state index is -0.874. The summed E-state index contributed by atoms with van der Waals surface area (Å²) in [5.74, 6) is -1.54. The van der Waals surface area contributed by atoms with Crippen LogP contribution < -0.4 is 0 Å². The number of carbonyl (C=O) groups excluding carboxylic acids is 1. The van der Waals surface area contributed by atoms with E-state index in [9.17, 15) is 9.59 Å². The van der Waals surface area contributed by atoms with Gasteiger partial charge >= 0.3 is 5.97 Å². The number of nitrogens with zero attached hydrogens (tertiary/aromatic N) is 3. The number of amides is 1. The molecule has 1 atom stereocenters. The van der Waals surface area contributed by atoms with Crippen molar-refractivity contribution in [1.29, 1.82) is 0 Å². The number of hydrogen-bond donors (Lipinski definition) is 1. The summed E-state index contributed by atoms with van der Waals surface area (Å²) in [5, 5.41) is 13.2. The van der Waals surface area contributed by atoms with Gasteiger partial charge in [0.1, 0.15) is 0 Å². The maximum absolute atomic E-state index is 12.5. The lowest BCUT2D eigenvalue weighted by Gasteiger charge is -2.24. The molecule has 1 fully saturated rings. The van der Waals surface area contributed by atoms with Crippen LogP contribution in [0.25, 0.3) is 0 Å². The van der Waals surface area contributed by atoms with E-state index in [1.165, 1.54) is 0 Å². The molecule has 1 N–H and O–H groups in total. The third-order valence-corrected chi connectivity index (χ3v) is 3.38. The molecule has 0 unspecified atom stereocenters. The van der Waals surface area contributed by atoms with Crippen LogP contribution in [0, 0.1) is 12.8 Å². The van der Waals surface area contributed by atoms with Crippen LogP contribution in [0.1, 0.15) is 35.8 Å². The SMILES string of the molecule is Cc1nn(C)cc1C(=O)N(C[C@H](C)C(=O)O)C1CC1. The molecule has 1 heterocycles. The summed E-state index contributed by atoms with van der Waals surface area (Å²) in [6.45, 7) is 3.67. The van der Waals surface area contributed by atoms with E-state index in [0.717, 1.165) is 12.8 Å². The molecule has 0 radical (unpaired) electrons. The molecule has 0 saturated heterocycles. The molecule has 0 aliphatic heterocycles. The second-order valence-electron chi connectivity index (χ2n) is 5.23. The Kier molecular flexibility index (Phi) is 3.59. The van der Waals surface area contributed by atoms with Gasteiger partial charge in [-0.15, -0.1) is 0 Å². The summed E-state index contributed by atoms with van der Waals surface area (Å²) in [7, 11) is 1.77. The van der Waals surface area contributed by atoms with Crippen molar-refractivity contribution in [2.24, 2.45) is 13.0 Å². The fourth-order valence-electron chi connectivity index (χ4n) is 2.12. The van der Waals surface area contributed by atoms with Crippen LogP contribution in [-0.4, -0.2) is 44.3 Å². The molecule has 1 aromatic rings. The summed E-state index contributed by atoms with van der Waals surface area (Å²) >= 11 is 0. The van der Waals surface area contributed by atoms with Crippen molar-refractivity contribution >= 4 is 11.9 Å². The Morgan fingerprint density at radius 1 is 1.58 bits per heavy atom. The molecule has 104 valence electrons. The molecular formula is C13H19N3O3. The maximum atomic E-state index is 12.5. The van der Waals surface area contributed by atoms with Gasteiger partial charge in [-0.1, -0.05) is 6.92 Å². The largest absolute Gasteiger partial charge is 0.481 e. The van der Waals surface area contributed by atoms with Crippen molar-refractivity contribution in [3.05, 3.63) is 17.5 Å². The molecule has 6 nitrogen and oxygen atoms in total. The van der Waals surface area contributed by atoms with Gasteiger partial charge in [-0.25, -0.2) is 0 Å². The average molecular weight is 265 g/mol. The van der Waals surface area contributed by atoms with E-state index in [0.29, 0.717) is 11.3 Å².